The molecular weight excluding hydrogens is 190 g/mol. The predicted molar refractivity (Wildman–Crippen MR) is 55.9 cm³/mol. The molecule has 0 atom stereocenters. The standard InChI is InChI=1S/C10H13N5/c1-8-13-3-2-9(15-8)4-11-5-10-6-12-7-14-10/h2-3,6-7,11H,4-5H2,1H3,(H,12,14). The van der Waals surface area contributed by atoms with E-state index in [0.29, 0.717) is 0 Å². The highest BCUT2D eigenvalue weighted by molar-refractivity contribution is 5.01. The molecule has 78 valence electrons. The number of nitrogens with zero attached hydrogens (tertiary/aromatic N) is 3. The zero-order chi connectivity index (χ0) is 10.5. The lowest BCUT2D eigenvalue weighted by atomic mass is 10.4. The van der Waals surface area contributed by atoms with E-state index in [0.717, 1.165) is 30.3 Å². The minimum Gasteiger partial charge on any atom is -0.347 e. The Balaban J connectivity index is 1.83. The van der Waals surface area contributed by atoms with Gasteiger partial charge in [-0.05, 0) is 13.0 Å². The molecule has 2 aromatic rings. The zero-order valence-electron chi connectivity index (χ0n) is 8.57. The Hall–Kier alpha value is -1.75. The van der Waals surface area contributed by atoms with Crippen LogP contribution in [0.1, 0.15) is 17.2 Å². The van der Waals surface area contributed by atoms with E-state index in [-0.39, 0.29) is 0 Å². The molecule has 0 aliphatic carbocycles. The normalized spacial score (nSPS) is 10.5. The van der Waals surface area contributed by atoms with Crippen molar-refractivity contribution in [3.05, 3.63) is 42.0 Å². The average molecular weight is 203 g/mol. The summed E-state index contributed by atoms with van der Waals surface area (Å²) in [5, 5.41) is 3.27. The van der Waals surface area contributed by atoms with Crippen molar-refractivity contribution in [3.63, 3.8) is 0 Å². The van der Waals surface area contributed by atoms with Crippen molar-refractivity contribution in [2.75, 3.05) is 0 Å². The molecule has 5 nitrogen and oxygen atoms in total. The Morgan fingerprint density at radius 2 is 2.33 bits per heavy atom. The van der Waals surface area contributed by atoms with Crippen LogP contribution >= 0.6 is 0 Å². The van der Waals surface area contributed by atoms with Crippen molar-refractivity contribution in [2.45, 2.75) is 20.0 Å². The van der Waals surface area contributed by atoms with E-state index in [4.69, 9.17) is 0 Å². The summed E-state index contributed by atoms with van der Waals surface area (Å²) in [6, 6.07) is 1.91. The summed E-state index contributed by atoms with van der Waals surface area (Å²) in [4.78, 5) is 15.3. The summed E-state index contributed by atoms with van der Waals surface area (Å²) in [6.07, 6.45) is 5.25. The van der Waals surface area contributed by atoms with Gasteiger partial charge in [0.25, 0.3) is 0 Å². The molecule has 0 fully saturated rings. The molecule has 0 saturated heterocycles. The molecule has 0 aliphatic heterocycles. The van der Waals surface area contributed by atoms with Crippen molar-refractivity contribution in [3.8, 4) is 0 Å². The molecule has 2 N–H and O–H groups in total. The van der Waals surface area contributed by atoms with Crippen molar-refractivity contribution in [1.82, 2.24) is 25.3 Å². The Labute approximate surface area is 88.0 Å². The molecule has 0 radical (unpaired) electrons. The van der Waals surface area contributed by atoms with Gasteiger partial charge in [-0.3, -0.25) is 0 Å². The van der Waals surface area contributed by atoms with Gasteiger partial charge in [-0.25, -0.2) is 15.0 Å². The number of imidazole rings is 1. The number of aryl methyl sites for hydroxylation is 1. The van der Waals surface area contributed by atoms with Gasteiger partial charge in [0.05, 0.1) is 12.0 Å². The number of hydrogen-bond donors (Lipinski definition) is 2. The second-order valence-corrected chi connectivity index (χ2v) is 3.28. The fourth-order valence-electron chi connectivity index (χ4n) is 1.31. The maximum absolute atomic E-state index is 4.29. The molecule has 0 aromatic carbocycles. The first kappa shape index (κ1) is 9.79. The second-order valence-electron chi connectivity index (χ2n) is 3.28. The van der Waals surface area contributed by atoms with Crippen LogP contribution in [-0.2, 0) is 13.1 Å². The predicted octanol–water partition coefficient (Wildman–Crippen LogP) is 0.798. The van der Waals surface area contributed by atoms with Crippen molar-refractivity contribution >= 4 is 0 Å². The SMILES string of the molecule is Cc1nccc(CNCc2cnc[nH]2)n1. The van der Waals surface area contributed by atoms with E-state index in [1.807, 2.05) is 13.0 Å². The van der Waals surface area contributed by atoms with Crippen LogP contribution in [0.15, 0.2) is 24.8 Å². The van der Waals surface area contributed by atoms with Gasteiger partial charge in [-0.1, -0.05) is 0 Å². The van der Waals surface area contributed by atoms with Crippen LogP contribution in [0.4, 0.5) is 0 Å². The van der Waals surface area contributed by atoms with Crippen LogP contribution < -0.4 is 5.32 Å². The summed E-state index contributed by atoms with van der Waals surface area (Å²) < 4.78 is 0. The monoisotopic (exact) mass is 203 g/mol. The van der Waals surface area contributed by atoms with Crippen LogP contribution in [0.25, 0.3) is 0 Å². The molecule has 0 amide bonds. The summed E-state index contributed by atoms with van der Waals surface area (Å²) in [5.74, 6) is 0.802. The van der Waals surface area contributed by atoms with Crippen molar-refractivity contribution in [1.29, 1.82) is 0 Å². The molecule has 0 saturated carbocycles. The highest BCUT2D eigenvalue weighted by Gasteiger charge is 1.96. The van der Waals surface area contributed by atoms with Gasteiger partial charge in [0.15, 0.2) is 0 Å². The molecule has 0 unspecified atom stereocenters. The van der Waals surface area contributed by atoms with Gasteiger partial charge < -0.3 is 10.3 Å². The Kier molecular flexibility index (Phi) is 3.04. The third-order valence-corrected chi connectivity index (χ3v) is 2.01. The van der Waals surface area contributed by atoms with E-state index >= 15 is 0 Å². The lowest BCUT2D eigenvalue weighted by Crippen LogP contribution is -2.14. The van der Waals surface area contributed by atoms with Crippen LogP contribution in [0.5, 0.6) is 0 Å². The van der Waals surface area contributed by atoms with Gasteiger partial charge in [0, 0.05) is 31.2 Å². The summed E-state index contributed by atoms with van der Waals surface area (Å²) >= 11 is 0. The maximum atomic E-state index is 4.29. The van der Waals surface area contributed by atoms with Gasteiger partial charge in [0.2, 0.25) is 0 Å². The van der Waals surface area contributed by atoms with E-state index in [1.54, 1.807) is 18.7 Å². The summed E-state index contributed by atoms with van der Waals surface area (Å²) in [7, 11) is 0. The van der Waals surface area contributed by atoms with E-state index in [2.05, 4.69) is 25.3 Å². The first-order valence-corrected chi connectivity index (χ1v) is 4.81. The number of aromatic nitrogens is 4. The van der Waals surface area contributed by atoms with Crippen LogP contribution in [0.3, 0.4) is 0 Å². The van der Waals surface area contributed by atoms with Crippen LogP contribution in [-0.4, -0.2) is 19.9 Å². The molecular formula is C10H13N5. The Bertz CT molecular complexity index is 410. The van der Waals surface area contributed by atoms with Crippen molar-refractivity contribution < 1.29 is 0 Å². The van der Waals surface area contributed by atoms with Gasteiger partial charge in [-0.2, -0.15) is 0 Å². The summed E-state index contributed by atoms with van der Waals surface area (Å²) in [5.41, 5.74) is 2.07. The van der Waals surface area contributed by atoms with E-state index in [9.17, 15) is 0 Å². The zero-order valence-corrected chi connectivity index (χ0v) is 8.57. The Morgan fingerprint density at radius 3 is 3.07 bits per heavy atom. The minimum atomic E-state index is 0.738. The largest absolute Gasteiger partial charge is 0.347 e. The fraction of sp³-hybridized carbons (Fsp3) is 0.300. The summed E-state index contributed by atoms with van der Waals surface area (Å²) in [6.45, 7) is 3.39. The quantitative estimate of drug-likeness (QED) is 0.771. The third-order valence-electron chi connectivity index (χ3n) is 2.01. The molecule has 0 bridgehead atoms. The van der Waals surface area contributed by atoms with Gasteiger partial charge >= 0.3 is 0 Å². The minimum absolute atomic E-state index is 0.738. The van der Waals surface area contributed by atoms with E-state index < -0.39 is 0 Å². The average Bonchev–Trinajstić information content (AvgIpc) is 2.71. The highest BCUT2D eigenvalue weighted by atomic mass is 15.0. The number of aromatic amines is 1. The molecule has 2 aromatic heterocycles. The lowest BCUT2D eigenvalue weighted by Gasteiger charge is -2.02. The number of H-pyrrole nitrogens is 1. The molecule has 2 rings (SSSR count). The first-order chi connectivity index (χ1) is 7.34. The van der Waals surface area contributed by atoms with Crippen molar-refractivity contribution in [2.24, 2.45) is 0 Å². The molecule has 0 aliphatic rings. The van der Waals surface area contributed by atoms with Crippen LogP contribution in [0, 0.1) is 6.92 Å². The third kappa shape index (κ3) is 2.85. The smallest absolute Gasteiger partial charge is 0.125 e. The van der Waals surface area contributed by atoms with Crippen LogP contribution in [0.2, 0.25) is 0 Å². The fourth-order valence-corrected chi connectivity index (χ4v) is 1.31. The first-order valence-electron chi connectivity index (χ1n) is 4.81. The topological polar surface area (TPSA) is 66.5 Å². The number of hydrogen-bond acceptors (Lipinski definition) is 4. The molecule has 0 spiro atoms. The molecule has 15 heavy (non-hydrogen) atoms. The number of rotatable bonds is 4. The number of nitrogens with one attached hydrogen (secondary N) is 2. The van der Waals surface area contributed by atoms with Gasteiger partial charge in [0.1, 0.15) is 5.82 Å². The van der Waals surface area contributed by atoms with Gasteiger partial charge in [-0.15, -0.1) is 0 Å². The maximum Gasteiger partial charge on any atom is 0.125 e. The molecule has 2 heterocycles. The van der Waals surface area contributed by atoms with E-state index in [1.165, 1.54) is 0 Å². The molecule has 5 heteroatoms. The lowest BCUT2D eigenvalue weighted by molar-refractivity contribution is 0.665. The highest BCUT2D eigenvalue weighted by Crippen LogP contribution is 1.95. The Morgan fingerprint density at radius 1 is 1.40 bits per heavy atom. The second kappa shape index (κ2) is 4.65.